The highest BCUT2D eigenvalue weighted by atomic mass is 16.5. The largest absolute Gasteiger partial charge is 0.381 e. The maximum Gasteiger partial charge on any atom is 0.317 e. The minimum atomic E-state index is 0.0775. The van der Waals surface area contributed by atoms with Gasteiger partial charge in [0, 0.05) is 51.5 Å². The molecular weight excluding hydrogens is 326 g/mol. The van der Waals surface area contributed by atoms with E-state index in [2.05, 4.69) is 36.2 Å². The fourth-order valence-corrected chi connectivity index (χ4v) is 3.94. The first-order valence-corrected chi connectivity index (χ1v) is 10.0. The Hall–Kier alpha value is -1.59. The molecule has 2 aliphatic heterocycles. The summed E-state index contributed by atoms with van der Waals surface area (Å²) in [4.78, 5) is 16.9. The number of likely N-dealkylation sites (tertiary alicyclic amines) is 1. The fraction of sp³-hybridized carbons (Fsp3) is 0.667. The summed E-state index contributed by atoms with van der Waals surface area (Å²) in [5.41, 5.74) is 1.26. The molecule has 5 nitrogen and oxygen atoms in total. The number of amides is 2. The van der Waals surface area contributed by atoms with Gasteiger partial charge in [-0.2, -0.15) is 0 Å². The second-order valence-corrected chi connectivity index (χ2v) is 7.96. The van der Waals surface area contributed by atoms with Gasteiger partial charge in [0.05, 0.1) is 0 Å². The van der Waals surface area contributed by atoms with Crippen LogP contribution in [0.1, 0.15) is 32.3 Å². The van der Waals surface area contributed by atoms with Gasteiger partial charge in [-0.3, -0.25) is 4.90 Å². The minimum Gasteiger partial charge on any atom is -0.381 e. The number of hydrogen-bond donors (Lipinski definition) is 1. The van der Waals surface area contributed by atoms with Crippen molar-refractivity contribution in [3.63, 3.8) is 0 Å². The van der Waals surface area contributed by atoms with Gasteiger partial charge in [0.25, 0.3) is 0 Å². The Balaban J connectivity index is 1.42. The van der Waals surface area contributed by atoms with Crippen molar-refractivity contribution in [1.29, 1.82) is 0 Å². The fourth-order valence-electron chi connectivity index (χ4n) is 3.94. The molecule has 1 N–H and O–H groups in total. The first-order valence-electron chi connectivity index (χ1n) is 10.0. The second-order valence-electron chi connectivity index (χ2n) is 7.96. The topological polar surface area (TPSA) is 44.8 Å². The van der Waals surface area contributed by atoms with Crippen molar-refractivity contribution in [2.75, 3.05) is 39.4 Å². The molecule has 0 bridgehead atoms. The summed E-state index contributed by atoms with van der Waals surface area (Å²) < 4.78 is 5.53. The first kappa shape index (κ1) is 19.2. The van der Waals surface area contributed by atoms with E-state index in [1.54, 1.807) is 0 Å². The van der Waals surface area contributed by atoms with Gasteiger partial charge in [-0.25, -0.2) is 4.79 Å². The summed E-state index contributed by atoms with van der Waals surface area (Å²) in [7, 11) is 0. The molecular formula is C21H33N3O2. The number of rotatable bonds is 7. The van der Waals surface area contributed by atoms with Gasteiger partial charge in [0.1, 0.15) is 0 Å². The summed E-state index contributed by atoms with van der Waals surface area (Å²) in [6.07, 6.45) is 3.12. The summed E-state index contributed by atoms with van der Waals surface area (Å²) in [5.74, 6) is 0.645. The zero-order valence-electron chi connectivity index (χ0n) is 16.2. The van der Waals surface area contributed by atoms with Gasteiger partial charge >= 0.3 is 6.03 Å². The quantitative estimate of drug-likeness (QED) is 0.814. The molecule has 2 amide bonds. The van der Waals surface area contributed by atoms with Crippen molar-refractivity contribution in [3.8, 4) is 0 Å². The molecule has 0 unspecified atom stereocenters. The van der Waals surface area contributed by atoms with Crippen LogP contribution in [-0.2, 0) is 11.2 Å². The van der Waals surface area contributed by atoms with Crippen LogP contribution in [0.4, 0.5) is 4.79 Å². The Labute approximate surface area is 157 Å². The van der Waals surface area contributed by atoms with Gasteiger partial charge in [0.15, 0.2) is 0 Å². The number of carbonyl (C=O) groups excluding carboxylic acids is 1. The van der Waals surface area contributed by atoms with Crippen LogP contribution >= 0.6 is 0 Å². The third kappa shape index (κ3) is 5.21. The number of nitrogens with one attached hydrogen (secondary N) is 1. The molecule has 144 valence electrons. The van der Waals surface area contributed by atoms with E-state index in [0.29, 0.717) is 24.5 Å². The molecule has 0 aliphatic carbocycles. The number of urea groups is 1. The number of hydrogen-bond acceptors (Lipinski definition) is 3. The molecule has 0 saturated carbocycles. The van der Waals surface area contributed by atoms with Crippen molar-refractivity contribution in [2.45, 2.75) is 45.2 Å². The van der Waals surface area contributed by atoms with Crippen LogP contribution in [0.5, 0.6) is 0 Å². The normalized spacial score (nSPS) is 19.0. The van der Waals surface area contributed by atoms with Crippen LogP contribution in [-0.4, -0.2) is 67.3 Å². The SMILES string of the molecule is CC(C)CN(C1CCOCC1)C1CN(C(=O)NCCc2ccccc2)C1. The predicted octanol–water partition coefficient (Wildman–Crippen LogP) is 2.76. The molecule has 2 fully saturated rings. The molecule has 2 saturated heterocycles. The van der Waals surface area contributed by atoms with E-state index in [9.17, 15) is 4.79 Å². The molecule has 26 heavy (non-hydrogen) atoms. The van der Waals surface area contributed by atoms with Gasteiger partial charge in [-0.05, 0) is 30.7 Å². The Kier molecular flexibility index (Phi) is 6.92. The Bertz CT molecular complexity index is 552. The molecule has 1 aromatic rings. The van der Waals surface area contributed by atoms with Crippen molar-refractivity contribution in [1.82, 2.24) is 15.1 Å². The standard InChI is InChI=1S/C21H33N3O2/c1-17(2)14-24(19-9-12-26-13-10-19)20-15-23(16-20)21(25)22-11-8-18-6-4-3-5-7-18/h3-7,17,19-20H,8-16H2,1-2H3,(H,22,25). The molecule has 2 aliphatic rings. The number of benzene rings is 1. The molecule has 0 atom stereocenters. The van der Waals surface area contributed by atoms with Crippen molar-refractivity contribution in [2.24, 2.45) is 5.92 Å². The zero-order valence-corrected chi connectivity index (χ0v) is 16.2. The van der Waals surface area contributed by atoms with Crippen LogP contribution in [0, 0.1) is 5.92 Å². The van der Waals surface area contributed by atoms with E-state index in [4.69, 9.17) is 4.74 Å². The Morgan fingerprint density at radius 1 is 1.19 bits per heavy atom. The van der Waals surface area contributed by atoms with Gasteiger partial charge < -0.3 is 15.0 Å². The smallest absolute Gasteiger partial charge is 0.317 e. The lowest BCUT2D eigenvalue weighted by molar-refractivity contribution is -0.0242. The molecule has 1 aromatic carbocycles. The summed E-state index contributed by atoms with van der Waals surface area (Å²) >= 11 is 0. The monoisotopic (exact) mass is 359 g/mol. The van der Waals surface area contributed by atoms with Crippen molar-refractivity contribution in [3.05, 3.63) is 35.9 Å². The summed E-state index contributed by atoms with van der Waals surface area (Å²) in [6.45, 7) is 9.80. The predicted molar refractivity (Wildman–Crippen MR) is 104 cm³/mol. The lowest BCUT2D eigenvalue weighted by atomic mass is 9.98. The summed E-state index contributed by atoms with van der Waals surface area (Å²) in [6, 6.07) is 11.5. The average Bonchev–Trinajstić information content (AvgIpc) is 2.61. The molecule has 0 aromatic heterocycles. The third-order valence-corrected chi connectivity index (χ3v) is 5.39. The van der Waals surface area contributed by atoms with Crippen LogP contribution in [0.2, 0.25) is 0 Å². The maximum absolute atomic E-state index is 12.4. The molecule has 3 rings (SSSR count). The van der Waals surface area contributed by atoms with Crippen molar-refractivity contribution >= 4 is 6.03 Å². The van der Waals surface area contributed by atoms with Gasteiger partial charge in [-0.1, -0.05) is 44.2 Å². The van der Waals surface area contributed by atoms with Crippen LogP contribution in [0.25, 0.3) is 0 Å². The average molecular weight is 360 g/mol. The minimum absolute atomic E-state index is 0.0775. The highest BCUT2D eigenvalue weighted by molar-refractivity contribution is 5.75. The van der Waals surface area contributed by atoms with E-state index in [0.717, 1.165) is 52.1 Å². The Morgan fingerprint density at radius 2 is 1.88 bits per heavy atom. The molecule has 5 heteroatoms. The Morgan fingerprint density at radius 3 is 2.54 bits per heavy atom. The lowest BCUT2D eigenvalue weighted by Gasteiger charge is -2.49. The van der Waals surface area contributed by atoms with Crippen molar-refractivity contribution < 1.29 is 9.53 Å². The van der Waals surface area contributed by atoms with E-state index < -0.39 is 0 Å². The highest BCUT2D eigenvalue weighted by Crippen LogP contribution is 2.24. The maximum atomic E-state index is 12.4. The molecule has 2 heterocycles. The van der Waals surface area contributed by atoms with Crippen LogP contribution in [0.3, 0.4) is 0 Å². The van der Waals surface area contributed by atoms with Crippen LogP contribution < -0.4 is 5.32 Å². The van der Waals surface area contributed by atoms with E-state index >= 15 is 0 Å². The van der Waals surface area contributed by atoms with Crippen LogP contribution in [0.15, 0.2) is 30.3 Å². The highest BCUT2D eigenvalue weighted by Gasteiger charge is 2.38. The van der Waals surface area contributed by atoms with E-state index in [-0.39, 0.29) is 6.03 Å². The van der Waals surface area contributed by atoms with E-state index in [1.165, 1.54) is 5.56 Å². The number of ether oxygens (including phenoxy) is 1. The number of nitrogens with zero attached hydrogens (tertiary/aromatic N) is 2. The first-order chi connectivity index (χ1) is 12.6. The third-order valence-electron chi connectivity index (χ3n) is 5.39. The molecule has 0 spiro atoms. The molecule has 0 radical (unpaired) electrons. The summed E-state index contributed by atoms with van der Waals surface area (Å²) in [5, 5.41) is 3.06. The van der Waals surface area contributed by atoms with E-state index in [1.807, 2.05) is 23.1 Å². The number of carbonyl (C=O) groups is 1. The lowest BCUT2D eigenvalue weighted by Crippen LogP contribution is -2.65. The second kappa shape index (κ2) is 9.38. The van der Waals surface area contributed by atoms with Gasteiger partial charge in [-0.15, -0.1) is 0 Å². The van der Waals surface area contributed by atoms with Gasteiger partial charge in [0.2, 0.25) is 0 Å². The zero-order chi connectivity index (χ0) is 18.4.